The second-order valence-corrected chi connectivity index (χ2v) is 2.48. The van der Waals surface area contributed by atoms with Crippen LogP contribution in [-0.4, -0.2) is 26.2 Å². The number of rotatable bonds is 6. The molecule has 0 aromatic heterocycles. The van der Waals surface area contributed by atoms with E-state index in [1.807, 2.05) is 7.05 Å². The van der Waals surface area contributed by atoms with Crippen LogP contribution in [0.3, 0.4) is 0 Å². The van der Waals surface area contributed by atoms with Crippen LogP contribution in [0.25, 0.3) is 0 Å². The zero-order chi connectivity index (χ0) is 9.23. The molecule has 0 aliphatic rings. The van der Waals surface area contributed by atoms with Gasteiger partial charge in [0, 0.05) is 12.6 Å². The summed E-state index contributed by atoms with van der Waals surface area (Å²) in [5, 5.41) is 2.90. The number of hydrogen-bond acceptors (Lipinski definition) is 3. The summed E-state index contributed by atoms with van der Waals surface area (Å²) in [6, 6.07) is 0. The Morgan fingerprint density at radius 3 is 2.77 bits per heavy atom. The number of ether oxygens (including phenoxy) is 1. The van der Waals surface area contributed by atoms with Gasteiger partial charge in [-0.3, -0.25) is 0 Å². The van der Waals surface area contributed by atoms with Crippen LogP contribution in [0.2, 0.25) is 0 Å². The zero-order valence-electron chi connectivity index (χ0n) is 8.21. The fourth-order valence-electron chi connectivity index (χ4n) is 0.638. The Bertz CT molecular complexity index is 149. The van der Waals surface area contributed by atoms with Crippen LogP contribution in [-0.2, 0) is 9.53 Å². The molecule has 78 valence electrons. The molecule has 0 saturated heterocycles. The van der Waals surface area contributed by atoms with Crippen LogP contribution >= 0.6 is 12.4 Å². The Hall–Kier alpha value is -0.540. The highest BCUT2D eigenvalue weighted by Crippen LogP contribution is 1.89. The highest BCUT2D eigenvalue weighted by atomic mass is 35.5. The van der Waals surface area contributed by atoms with E-state index in [2.05, 4.69) is 12.2 Å². The lowest BCUT2D eigenvalue weighted by atomic mass is 10.4. The quantitative estimate of drug-likeness (QED) is 0.408. The molecule has 1 N–H and O–H groups in total. The van der Waals surface area contributed by atoms with Gasteiger partial charge in [0.15, 0.2) is 0 Å². The molecule has 0 rings (SSSR count). The predicted octanol–water partition coefficient (Wildman–Crippen LogP) is 1.53. The molecule has 0 atom stereocenters. The topological polar surface area (TPSA) is 38.3 Å². The molecule has 0 unspecified atom stereocenters. The van der Waals surface area contributed by atoms with E-state index in [0.29, 0.717) is 13.2 Å². The summed E-state index contributed by atoms with van der Waals surface area (Å²) in [6.07, 6.45) is 5.18. The fourth-order valence-corrected chi connectivity index (χ4v) is 0.638. The van der Waals surface area contributed by atoms with Gasteiger partial charge in [0.1, 0.15) is 0 Å². The van der Waals surface area contributed by atoms with Crippen molar-refractivity contribution in [2.45, 2.75) is 19.8 Å². The van der Waals surface area contributed by atoms with E-state index in [-0.39, 0.29) is 18.4 Å². The normalized spacial score (nSPS) is 9.69. The summed E-state index contributed by atoms with van der Waals surface area (Å²) in [5.74, 6) is -0.251. The van der Waals surface area contributed by atoms with Gasteiger partial charge >= 0.3 is 5.97 Å². The second-order valence-electron chi connectivity index (χ2n) is 2.48. The minimum atomic E-state index is -0.251. The molecule has 3 nitrogen and oxygen atoms in total. The van der Waals surface area contributed by atoms with Crippen LogP contribution < -0.4 is 5.32 Å². The first kappa shape index (κ1) is 15.0. The van der Waals surface area contributed by atoms with Crippen molar-refractivity contribution in [3.8, 4) is 0 Å². The Balaban J connectivity index is 0. The monoisotopic (exact) mass is 207 g/mol. The lowest BCUT2D eigenvalue weighted by Crippen LogP contribution is -2.06. The molecule has 0 heterocycles. The molecule has 13 heavy (non-hydrogen) atoms. The number of carbonyl (C=O) groups is 1. The Kier molecular flexibility index (Phi) is 13.2. The summed E-state index contributed by atoms with van der Waals surface area (Å²) >= 11 is 0. The molecule has 0 aromatic rings. The second kappa shape index (κ2) is 11.5. The van der Waals surface area contributed by atoms with Crippen LogP contribution in [0.15, 0.2) is 12.2 Å². The summed E-state index contributed by atoms with van der Waals surface area (Å²) in [7, 11) is 1.83. The fraction of sp³-hybridized carbons (Fsp3) is 0.667. The molecule has 0 amide bonds. The first-order chi connectivity index (χ1) is 5.81. The van der Waals surface area contributed by atoms with E-state index >= 15 is 0 Å². The smallest absolute Gasteiger partial charge is 0.330 e. The first-order valence-corrected chi connectivity index (χ1v) is 4.29. The molecule has 0 aliphatic carbocycles. The summed E-state index contributed by atoms with van der Waals surface area (Å²) in [6.45, 7) is 3.28. The van der Waals surface area contributed by atoms with E-state index in [0.717, 1.165) is 12.8 Å². The van der Waals surface area contributed by atoms with Crippen molar-refractivity contribution < 1.29 is 9.53 Å². The maximum atomic E-state index is 10.9. The minimum absolute atomic E-state index is 0. The van der Waals surface area contributed by atoms with E-state index in [4.69, 9.17) is 4.74 Å². The molecule has 0 fully saturated rings. The number of unbranched alkanes of at least 4 members (excludes halogenated alkanes) is 1. The largest absolute Gasteiger partial charge is 0.463 e. The van der Waals surface area contributed by atoms with E-state index < -0.39 is 0 Å². The average Bonchev–Trinajstić information content (AvgIpc) is 2.06. The molecular weight excluding hydrogens is 190 g/mol. The van der Waals surface area contributed by atoms with Crippen molar-refractivity contribution in [2.24, 2.45) is 0 Å². The Morgan fingerprint density at radius 1 is 1.54 bits per heavy atom. The maximum Gasteiger partial charge on any atom is 0.330 e. The third-order valence-electron chi connectivity index (χ3n) is 1.32. The molecular formula is C9H18ClNO2. The van der Waals surface area contributed by atoms with Crippen LogP contribution in [0.1, 0.15) is 19.8 Å². The summed E-state index contributed by atoms with van der Waals surface area (Å²) < 4.78 is 4.88. The van der Waals surface area contributed by atoms with Gasteiger partial charge < -0.3 is 10.1 Å². The summed E-state index contributed by atoms with van der Waals surface area (Å²) in [4.78, 5) is 10.9. The predicted molar refractivity (Wildman–Crippen MR) is 56.2 cm³/mol. The minimum Gasteiger partial charge on any atom is -0.463 e. The molecule has 0 saturated carbocycles. The highest BCUT2D eigenvalue weighted by Gasteiger charge is 1.93. The first-order valence-electron chi connectivity index (χ1n) is 4.29. The van der Waals surface area contributed by atoms with Crippen molar-refractivity contribution >= 4 is 18.4 Å². The van der Waals surface area contributed by atoms with Gasteiger partial charge in [-0.25, -0.2) is 4.79 Å². The number of carbonyl (C=O) groups excluding carboxylic acids is 1. The SMILES string of the molecule is CCCCOC(=O)C=CCNC.Cl. The van der Waals surface area contributed by atoms with Crippen LogP contribution in [0.4, 0.5) is 0 Å². The zero-order valence-corrected chi connectivity index (χ0v) is 9.02. The van der Waals surface area contributed by atoms with Crippen molar-refractivity contribution in [3.63, 3.8) is 0 Å². The molecule has 0 bridgehead atoms. The standard InChI is InChI=1S/C9H17NO2.ClH/c1-3-4-8-12-9(11)6-5-7-10-2;/h5-6,10H,3-4,7-8H2,1-2H3;1H. The van der Waals surface area contributed by atoms with Crippen molar-refractivity contribution in [3.05, 3.63) is 12.2 Å². The van der Waals surface area contributed by atoms with Crippen molar-refractivity contribution in [1.29, 1.82) is 0 Å². The van der Waals surface area contributed by atoms with Gasteiger partial charge in [-0.2, -0.15) is 0 Å². The van der Waals surface area contributed by atoms with Crippen molar-refractivity contribution in [2.75, 3.05) is 20.2 Å². The van der Waals surface area contributed by atoms with Gasteiger partial charge in [-0.15, -0.1) is 12.4 Å². The maximum absolute atomic E-state index is 10.9. The third-order valence-corrected chi connectivity index (χ3v) is 1.32. The van der Waals surface area contributed by atoms with Gasteiger partial charge in [-0.05, 0) is 13.5 Å². The molecule has 0 aromatic carbocycles. The summed E-state index contributed by atoms with van der Waals surface area (Å²) in [5.41, 5.74) is 0. The molecule has 0 radical (unpaired) electrons. The van der Waals surface area contributed by atoms with Crippen LogP contribution in [0.5, 0.6) is 0 Å². The molecule has 4 heteroatoms. The van der Waals surface area contributed by atoms with E-state index in [1.54, 1.807) is 6.08 Å². The van der Waals surface area contributed by atoms with Gasteiger partial charge in [0.2, 0.25) is 0 Å². The number of halogens is 1. The Labute approximate surface area is 85.9 Å². The van der Waals surface area contributed by atoms with Crippen LogP contribution in [0, 0.1) is 0 Å². The molecule has 0 aliphatic heterocycles. The number of hydrogen-bond donors (Lipinski definition) is 1. The van der Waals surface area contributed by atoms with Gasteiger partial charge in [0.05, 0.1) is 6.61 Å². The number of likely N-dealkylation sites (N-methyl/N-ethyl adjacent to an activating group) is 1. The lowest BCUT2D eigenvalue weighted by Gasteiger charge is -1.98. The average molecular weight is 208 g/mol. The number of nitrogens with one attached hydrogen (secondary N) is 1. The lowest BCUT2D eigenvalue weighted by molar-refractivity contribution is -0.137. The third kappa shape index (κ3) is 11.5. The highest BCUT2D eigenvalue weighted by molar-refractivity contribution is 5.85. The van der Waals surface area contributed by atoms with Gasteiger partial charge in [0.25, 0.3) is 0 Å². The van der Waals surface area contributed by atoms with Gasteiger partial charge in [-0.1, -0.05) is 19.4 Å². The van der Waals surface area contributed by atoms with E-state index in [9.17, 15) is 4.79 Å². The molecule has 0 spiro atoms. The van der Waals surface area contributed by atoms with Crippen molar-refractivity contribution in [1.82, 2.24) is 5.32 Å². The Morgan fingerprint density at radius 2 is 2.23 bits per heavy atom. The number of esters is 1. The van der Waals surface area contributed by atoms with E-state index in [1.165, 1.54) is 6.08 Å².